The van der Waals surface area contributed by atoms with Gasteiger partial charge in [-0.2, -0.15) is 5.10 Å². The molecule has 152 valence electrons. The van der Waals surface area contributed by atoms with Gasteiger partial charge in [0.1, 0.15) is 5.75 Å². The fourth-order valence-electron chi connectivity index (χ4n) is 3.49. The van der Waals surface area contributed by atoms with E-state index in [1.165, 1.54) is 12.7 Å². The van der Waals surface area contributed by atoms with Crippen molar-refractivity contribution in [2.75, 3.05) is 19.1 Å². The van der Waals surface area contributed by atoms with Gasteiger partial charge >= 0.3 is 0 Å². The summed E-state index contributed by atoms with van der Waals surface area (Å²) in [6.45, 7) is 8.36. The predicted octanol–water partition coefficient (Wildman–Crippen LogP) is 5.05. The second kappa shape index (κ2) is 7.91. The molecule has 0 radical (unpaired) electrons. The van der Waals surface area contributed by atoms with Crippen molar-refractivity contribution in [1.82, 2.24) is 5.43 Å². The van der Waals surface area contributed by atoms with E-state index < -0.39 is 0 Å². The van der Waals surface area contributed by atoms with Gasteiger partial charge in [0.25, 0.3) is 5.91 Å². The molecular weight excluding hydrogens is 386 g/mol. The van der Waals surface area contributed by atoms with Gasteiger partial charge in [0.2, 0.25) is 0 Å². The van der Waals surface area contributed by atoms with E-state index in [4.69, 9.17) is 16.3 Å². The first-order chi connectivity index (χ1) is 13.6. The van der Waals surface area contributed by atoms with Gasteiger partial charge in [0, 0.05) is 23.9 Å². The van der Waals surface area contributed by atoms with Gasteiger partial charge in [0.05, 0.1) is 29.4 Å². The number of halogens is 1. The second-order valence-electron chi connectivity index (χ2n) is 7.83. The maximum Gasteiger partial charge on any atom is 0.275 e. The van der Waals surface area contributed by atoms with E-state index in [1.54, 1.807) is 12.3 Å². The van der Waals surface area contributed by atoms with Crippen molar-refractivity contribution in [3.8, 4) is 5.75 Å². The van der Waals surface area contributed by atoms with Crippen molar-refractivity contribution in [3.05, 3.63) is 63.7 Å². The number of nitrogens with zero attached hydrogens (tertiary/aromatic N) is 2. The van der Waals surface area contributed by atoms with Gasteiger partial charge in [-0.05, 0) is 63.1 Å². The molecule has 0 saturated carbocycles. The summed E-state index contributed by atoms with van der Waals surface area (Å²) in [5.74, 6) is 0.167. The molecule has 2 aromatic carbocycles. The van der Waals surface area contributed by atoms with Crippen molar-refractivity contribution in [2.45, 2.75) is 33.2 Å². The van der Waals surface area contributed by atoms with Gasteiger partial charge in [-0.15, -0.1) is 0 Å². The van der Waals surface area contributed by atoms with Crippen LogP contribution in [0.3, 0.4) is 0 Å². The van der Waals surface area contributed by atoms with E-state index in [2.05, 4.69) is 49.3 Å². The second-order valence-corrected chi connectivity index (χ2v) is 8.24. The Morgan fingerprint density at radius 2 is 1.97 bits per heavy atom. The normalized spacial score (nSPS) is 15.1. The molecule has 0 saturated heterocycles. The number of carbonyl (C=O) groups excluding carboxylic acids is 1. The Balaban J connectivity index is 1.84. The largest absolute Gasteiger partial charge is 0.496 e. The smallest absolute Gasteiger partial charge is 0.275 e. The van der Waals surface area contributed by atoms with Crippen LogP contribution in [0.4, 0.5) is 5.69 Å². The van der Waals surface area contributed by atoms with E-state index in [-0.39, 0.29) is 11.4 Å². The first-order valence-corrected chi connectivity index (χ1v) is 9.77. The third kappa shape index (κ3) is 4.15. The number of likely N-dealkylation sites (N-methyl/N-ethyl adjacent to an activating group) is 1. The molecule has 0 aliphatic carbocycles. The van der Waals surface area contributed by atoms with Crippen molar-refractivity contribution in [1.29, 1.82) is 0 Å². The number of benzene rings is 2. The Morgan fingerprint density at radius 1 is 1.24 bits per heavy atom. The molecule has 29 heavy (non-hydrogen) atoms. The highest BCUT2D eigenvalue weighted by Gasteiger charge is 2.29. The lowest BCUT2D eigenvalue weighted by molar-refractivity contribution is 0.0952. The summed E-state index contributed by atoms with van der Waals surface area (Å²) >= 11 is 6.49. The van der Waals surface area contributed by atoms with E-state index in [1.807, 2.05) is 31.2 Å². The van der Waals surface area contributed by atoms with Crippen LogP contribution in [0.5, 0.6) is 5.75 Å². The fraction of sp³-hybridized carbons (Fsp3) is 0.304. The summed E-state index contributed by atoms with van der Waals surface area (Å²) in [5, 5.41) is 4.68. The third-order valence-corrected chi connectivity index (χ3v) is 5.63. The molecule has 0 unspecified atom stereocenters. The van der Waals surface area contributed by atoms with Crippen LogP contribution >= 0.6 is 11.6 Å². The molecule has 1 aliphatic heterocycles. The monoisotopic (exact) mass is 411 g/mol. The molecule has 3 rings (SSSR count). The van der Waals surface area contributed by atoms with Crippen LogP contribution in [0.25, 0.3) is 5.57 Å². The predicted molar refractivity (Wildman–Crippen MR) is 120 cm³/mol. The molecule has 1 amide bonds. The number of hydrogen-bond acceptors (Lipinski definition) is 4. The lowest BCUT2D eigenvalue weighted by Gasteiger charge is -2.40. The van der Waals surface area contributed by atoms with Crippen molar-refractivity contribution < 1.29 is 9.53 Å². The summed E-state index contributed by atoms with van der Waals surface area (Å²) in [7, 11) is 3.59. The van der Waals surface area contributed by atoms with Crippen molar-refractivity contribution in [2.24, 2.45) is 5.10 Å². The summed E-state index contributed by atoms with van der Waals surface area (Å²) in [4.78, 5) is 14.7. The summed E-state index contributed by atoms with van der Waals surface area (Å²) in [6.07, 6.45) is 3.80. The van der Waals surface area contributed by atoms with Gasteiger partial charge in [-0.3, -0.25) is 4.79 Å². The average Bonchev–Trinajstić information content (AvgIpc) is 2.66. The first kappa shape index (κ1) is 20.9. The Labute approximate surface area is 177 Å². The number of rotatable bonds is 4. The highest BCUT2D eigenvalue weighted by Crippen LogP contribution is 2.40. The fourth-order valence-corrected chi connectivity index (χ4v) is 3.70. The topological polar surface area (TPSA) is 53.9 Å². The minimum atomic E-state index is -0.343. The molecule has 5 nitrogen and oxygen atoms in total. The van der Waals surface area contributed by atoms with Crippen LogP contribution in [0.2, 0.25) is 5.02 Å². The zero-order valence-corrected chi connectivity index (χ0v) is 18.4. The Kier molecular flexibility index (Phi) is 5.71. The molecular formula is C23H26ClN3O2. The lowest BCUT2D eigenvalue weighted by Crippen LogP contribution is -2.42. The van der Waals surface area contributed by atoms with E-state index >= 15 is 0 Å². The number of methoxy groups -OCH3 is 1. The first-order valence-electron chi connectivity index (χ1n) is 9.39. The van der Waals surface area contributed by atoms with Gasteiger partial charge in [0.15, 0.2) is 0 Å². The van der Waals surface area contributed by atoms with Gasteiger partial charge < -0.3 is 9.64 Å². The maximum atomic E-state index is 12.5. The SMILES string of the molecule is COc1cc(C)ccc1C(=O)N/N=C/c1cc2c(cc1Cl)N(C)C(C)(C)C=C2C. The quantitative estimate of drug-likeness (QED) is 0.565. The van der Waals surface area contributed by atoms with Gasteiger partial charge in [-0.25, -0.2) is 5.43 Å². The number of allylic oxidation sites excluding steroid dienone is 1. The van der Waals surface area contributed by atoms with Crippen molar-refractivity contribution in [3.63, 3.8) is 0 Å². The molecule has 0 aromatic heterocycles. The van der Waals surface area contributed by atoms with Crippen LogP contribution < -0.4 is 15.1 Å². The van der Waals surface area contributed by atoms with Crippen LogP contribution in [0.1, 0.15) is 47.8 Å². The number of amides is 1. The highest BCUT2D eigenvalue weighted by molar-refractivity contribution is 6.33. The van der Waals surface area contributed by atoms with E-state index in [9.17, 15) is 4.79 Å². The summed E-state index contributed by atoms with van der Waals surface area (Å²) < 4.78 is 5.29. The minimum Gasteiger partial charge on any atom is -0.496 e. The number of nitrogens with one attached hydrogen (secondary N) is 1. The Morgan fingerprint density at radius 3 is 2.66 bits per heavy atom. The Hall–Kier alpha value is -2.79. The van der Waals surface area contributed by atoms with Crippen LogP contribution in [0.15, 0.2) is 41.5 Å². The van der Waals surface area contributed by atoms with E-state index in [0.717, 1.165) is 22.4 Å². The number of hydrogen-bond donors (Lipinski definition) is 1. The number of fused-ring (bicyclic) bond motifs is 1. The highest BCUT2D eigenvalue weighted by atomic mass is 35.5. The number of ether oxygens (including phenoxy) is 1. The molecule has 1 aliphatic rings. The molecule has 0 atom stereocenters. The number of carbonyl (C=O) groups is 1. The standard InChI is InChI=1S/C23H26ClN3O2/c1-14-7-8-17(21(9-14)29-6)22(28)26-25-13-16-10-18-15(2)12-23(3,4)27(5)20(18)11-19(16)24/h7-13H,1-6H3,(H,26,28)/b25-13+. The zero-order valence-electron chi connectivity index (χ0n) is 17.6. The van der Waals surface area contributed by atoms with Crippen molar-refractivity contribution >= 4 is 35.0 Å². The third-order valence-electron chi connectivity index (χ3n) is 5.31. The van der Waals surface area contributed by atoms with Gasteiger partial charge in [-0.1, -0.05) is 23.7 Å². The Bertz CT molecular complexity index is 1030. The summed E-state index contributed by atoms with van der Waals surface area (Å²) in [5.41, 5.74) is 8.00. The molecule has 2 aromatic rings. The van der Waals surface area contributed by atoms with E-state index in [0.29, 0.717) is 16.3 Å². The average molecular weight is 412 g/mol. The number of hydrazone groups is 1. The molecule has 6 heteroatoms. The van der Waals surface area contributed by atoms with Crippen LogP contribution in [-0.2, 0) is 0 Å². The molecule has 0 fully saturated rings. The summed E-state index contributed by atoms with van der Waals surface area (Å²) in [6, 6.07) is 9.33. The van der Waals surface area contributed by atoms with Crippen LogP contribution in [0, 0.1) is 6.92 Å². The minimum absolute atomic E-state index is 0.0862. The maximum absolute atomic E-state index is 12.5. The molecule has 1 N–H and O–H groups in total. The van der Waals surface area contributed by atoms with Crippen LogP contribution in [-0.4, -0.2) is 31.8 Å². The molecule has 1 heterocycles. The number of anilines is 1. The number of aryl methyl sites for hydroxylation is 1. The lowest BCUT2D eigenvalue weighted by atomic mass is 9.88. The molecule has 0 spiro atoms. The zero-order chi connectivity index (χ0) is 21.3. The molecule has 0 bridgehead atoms.